The van der Waals surface area contributed by atoms with Crippen molar-refractivity contribution < 1.29 is 4.79 Å². The third-order valence-corrected chi connectivity index (χ3v) is 4.95. The van der Waals surface area contributed by atoms with Gasteiger partial charge in [-0.3, -0.25) is 10.1 Å². The van der Waals surface area contributed by atoms with Gasteiger partial charge in [0.2, 0.25) is 5.91 Å². The molecule has 0 aliphatic carbocycles. The molecule has 0 radical (unpaired) electrons. The lowest BCUT2D eigenvalue weighted by Crippen LogP contribution is -2.34. The van der Waals surface area contributed by atoms with E-state index in [9.17, 15) is 4.79 Å². The Labute approximate surface area is 126 Å². The number of unbranched alkanes of at least 4 members (excludes halogenated alkanes) is 2. The third-order valence-electron chi connectivity index (χ3n) is 3.90. The van der Waals surface area contributed by atoms with E-state index in [0.29, 0.717) is 5.92 Å². The first-order chi connectivity index (χ1) is 9.54. The summed E-state index contributed by atoms with van der Waals surface area (Å²) < 4.78 is 0. The first-order valence-electron chi connectivity index (χ1n) is 7.67. The van der Waals surface area contributed by atoms with Gasteiger partial charge in [0.25, 0.3) is 0 Å². The summed E-state index contributed by atoms with van der Waals surface area (Å²) in [6.45, 7) is 9.40. The molecule has 0 aromatic carbocycles. The Hall–Kier alpha value is -0.870. The van der Waals surface area contributed by atoms with Crippen molar-refractivity contribution in [3.05, 3.63) is 21.9 Å². The number of amides is 1. The standard InChI is InChI=1S/C16H26N2OS/c1-5-6-7-10-18-15(13-9-8-12(4)20-13)17-14(11(2)3)16(18)19/h8-9,11,14-15,17H,5-7,10H2,1-4H3. The van der Waals surface area contributed by atoms with Crippen molar-refractivity contribution in [2.75, 3.05) is 6.54 Å². The van der Waals surface area contributed by atoms with Gasteiger partial charge >= 0.3 is 0 Å². The Bertz CT molecular complexity index is 455. The molecule has 0 saturated carbocycles. The average molecular weight is 294 g/mol. The lowest BCUT2D eigenvalue weighted by molar-refractivity contribution is -0.130. The van der Waals surface area contributed by atoms with Crippen molar-refractivity contribution >= 4 is 17.2 Å². The lowest BCUT2D eigenvalue weighted by Gasteiger charge is -2.23. The van der Waals surface area contributed by atoms with Crippen LogP contribution in [0.15, 0.2) is 12.1 Å². The van der Waals surface area contributed by atoms with E-state index in [4.69, 9.17) is 0 Å². The van der Waals surface area contributed by atoms with Crippen LogP contribution in [0.2, 0.25) is 0 Å². The number of carbonyl (C=O) groups is 1. The molecule has 1 aliphatic heterocycles. The number of nitrogens with one attached hydrogen (secondary N) is 1. The Balaban J connectivity index is 2.15. The highest BCUT2D eigenvalue weighted by Gasteiger charge is 2.40. The van der Waals surface area contributed by atoms with Gasteiger partial charge in [0, 0.05) is 16.3 Å². The van der Waals surface area contributed by atoms with E-state index in [0.717, 1.165) is 13.0 Å². The Morgan fingerprint density at radius 1 is 1.35 bits per heavy atom. The summed E-state index contributed by atoms with van der Waals surface area (Å²) in [4.78, 5) is 17.2. The van der Waals surface area contributed by atoms with Crippen molar-refractivity contribution in [1.29, 1.82) is 0 Å². The molecule has 3 nitrogen and oxygen atoms in total. The zero-order chi connectivity index (χ0) is 14.7. The quantitative estimate of drug-likeness (QED) is 0.811. The van der Waals surface area contributed by atoms with Gasteiger partial charge in [-0.25, -0.2) is 0 Å². The van der Waals surface area contributed by atoms with Gasteiger partial charge in [0.15, 0.2) is 0 Å². The second-order valence-corrected chi connectivity index (χ2v) is 7.30. The Morgan fingerprint density at radius 2 is 2.10 bits per heavy atom. The van der Waals surface area contributed by atoms with E-state index in [1.54, 1.807) is 11.3 Å². The van der Waals surface area contributed by atoms with Crippen LogP contribution in [0.25, 0.3) is 0 Å². The van der Waals surface area contributed by atoms with Crippen LogP contribution in [0, 0.1) is 12.8 Å². The van der Waals surface area contributed by atoms with Crippen LogP contribution in [0.5, 0.6) is 0 Å². The second kappa shape index (κ2) is 6.72. The fourth-order valence-corrected chi connectivity index (χ4v) is 3.67. The van der Waals surface area contributed by atoms with E-state index in [2.05, 4.69) is 45.1 Å². The van der Waals surface area contributed by atoms with Gasteiger partial charge in [0.1, 0.15) is 6.17 Å². The smallest absolute Gasteiger partial charge is 0.241 e. The van der Waals surface area contributed by atoms with Crippen LogP contribution in [0.1, 0.15) is 56.0 Å². The van der Waals surface area contributed by atoms with Crippen molar-refractivity contribution in [2.45, 2.75) is 59.2 Å². The monoisotopic (exact) mass is 294 g/mol. The van der Waals surface area contributed by atoms with E-state index in [1.165, 1.54) is 22.6 Å². The molecule has 0 spiro atoms. The summed E-state index contributed by atoms with van der Waals surface area (Å²) in [6.07, 6.45) is 3.54. The number of carbonyl (C=O) groups excluding carboxylic acids is 1. The molecule has 1 aromatic rings. The third kappa shape index (κ3) is 3.23. The van der Waals surface area contributed by atoms with Crippen LogP contribution in [-0.2, 0) is 4.79 Å². The summed E-state index contributed by atoms with van der Waals surface area (Å²) in [5, 5.41) is 3.53. The molecule has 112 valence electrons. The van der Waals surface area contributed by atoms with Crippen LogP contribution in [0.4, 0.5) is 0 Å². The van der Waals surface area contributed by atoms with Crippen LogP contribution < -0.4 is 5.32 Å². The molecule has 4 heteroatoms. The number of nitrogens with zero attached hydrogens (tertiary/aromatic N) is 1. The zero-order valence-electron chi connectivity index (χ0n) is 13.0. The minimum atomic E-state index is -0.0379. The van der Waals surface area contributed by atoms with Crippen molar-refractivity contribution in [2.24, 2.45) is 5.92 Å². The van der Waals surface area contributed by atoms with E-state index in [-0.39, 0.29) is 18.1 Å². The fraction of sp³-hybridized carbons (Fsp3) is 0.688. The Kier molecular flexibility index (Phi) is 5.22. The first-order valence-corrected chi connectivity index (χ1v) is 8.49. The molecule has 1 amide bonds. The minimum Gasteiger partial charge on any atom is -0.321 e. The molecule has 2 atom stereocenters. The maximum absolute atomic E-state index is 12.6. The van der Waals surface area contributed by atoms with E-state index in [1.807, 2.05) is 4.90 Å². The molecule has 2 heterocycles. The van der Waals surface area contributed by atoms with Gasteiger partial charge < -0.3 is 4.90 Å². The van der Waals surface area contributed by atoms with E-state index >= 15 is 0 Å². The highest BCUT2D eigenvalue weighted by Crippen LogP contribution is 2.32. The summed E-state index contributed by atoms with van der Waals surface area (Å²) >= 11 is 1.79. The van der Waals surface area contributed by atoms with Gasteiger partial charge in [0.05, 0.1) is 6.04 Å². The molecule has 1 aliphatic rings. The SMILES string of the molecule is CCCCCN1C(=O)C(C(C)C)NC1c1ccc(C)s1. The van der Waals surface area contributed by atoms with Crippen LogP contribution in [0.3, 0.4) is 0 Å². The average Bonchev–Trinajstić information content (AvgIpc) is 2.95. The lowest BCUT2D eigenvalue weighted by atomic mass is 10.1. The predicted octanol–water partition coefficient (Wildman–Crippen LogP) is 3.70. The highest BCUT2D eigenvalue weighted by atomic mass is 32.1. The number of aryl methyl sites for hydroxylation is 1. The molecular formula is C16H26N2OS. The maximum atomic E-state index is 12.6. The topological polar surface area (TPSA) is 32.3 Å². The van der Waals surface area contributed by atoms with Gasteiger partial charge in [-0.2, -0.15) is 0 Å². The molecule has 1 saturated heterocycles. The van der Waals surface area contributed by atoms with E-state index < -0.39 is 0 Å². The summed E-state index contributed by atoms with van der Waals surface area (Å²) in [6, 6.07) is 4.25. The second-order valence-electron chi connectivity index (χ2n) is 5.98. The molecule has 2 rings (SSSR count). The predicted molar refractivity (Wildman–Crippen MR) is 84.8 cm³/mol. The zero-order valence-corrected chi connectivity index (χ0v) is 13.8. The highest BCUT2D eigenvalue weighted by molar-refractivity contribution is 7.12. The maximum Gasteiger partial charge on any atom is 0.241 e. The number of hydrogen-bond donors (Lipinski definition) is 1. The molecule has 1 fully saturated rings. The summed E-state index contributed by atoms with van der Waals surface area (Å²) in [5.41, 5.74) is 0. The number of rotatable bonds is 6. The van der Waals surface area contributed by atoms with Crippen LogP contribution >= 0.6 is 11.3 Å². The largest absolute Gasteiger partial charge is 0.321 e. The van der Waals surface area contributed by atoms with Gasteiger partial charge in [-0.15, -0.1) is 11.3 Å². The van der Waals surface area contributed by atoms with Crippen molar-refractivity contribution in [3.8, 4) is 0 Å². The summed E-state index contributed by atoms with van der Waals surface area (Å²) in [5.74, 6) is 0.606. The van der Waals surface area contributed by atoms with Gasteiger partial charge in [-0.05, 0) is 31.4 Å². The summed E-state index contributed by atoms with van der Waals surface area (Å²) in [7, 11) is 0. The van der Waals surface area contributed by atoms with Gasteiger partial charge in [-0.1, -0.05) is 33.6 Å². The van der Waals surface area contributed by atoms with Crippen LogP contribution in [-0.4, -0.2) is 23.4 Å². The molecule has 20 heavy (non-hydrogen) atoms. The van der Waals surface area contributed by atoms with Crippen molar-refractivity contribution in [3.63, 3.8) is 0 Å². The minimum absolute atomic E-state index is 0.0379. The van der Waals surface area contributed by atoms with Crippen molar-refractivity contribution in [1.82, 2.24) is 10.2 Å². The molecule has 1 N–H and O–H groups in total. The molecule has 1 aromatic heterocycles. The first kappa shape index (κ1) is 15.5. The number of thiophene rings is 1. The molecule has 0 bridgehead atoms. The normalized spacial score (nSPS) is 23.1. The molecule has 2 unspecified atom stereocenters. The fourth-order valence-electron chi connectivity index (χ4n) is 2.72. The number of hydrogen-bond acceptors (Lipinski definition) is 3. The molecular weight excluding hydrogens is 268 g/mol. The Morgan fingerprint density at radius 3 is 2.65 bits per heavy atom.